The molecule has 0 saturated heterocycles. The second-order valence-corrected chi connectivity index (χ2v) is 4.94. The Bertz CT molecular complexity index is 726. The van der Waals surface area contributed by atoms with Crippen LogP contribution >= 0.6 is 0 Å². The van der Waals surface area contributed by atoms with Crippen LogP contribution in [0.15, 0.2) is 42.5 Å². The second-order valence-electron chi connectivity index (χ2n) is 4.94. The van der Waals surface area contributed by atoms with Gasteiger partial charge in [-0.25, -0.2) is 4.79 Å². The molecule has 120 valence electrons. The number of aliphatic carboxylic acids is 1. The van der Waals surface area contributed by atoms with Crippen molar-refractivity contribution in [1.82, 2.24) is 5.32 Å². The fourth-order valence-corrected chi connectivity index (χ4v) is 2.02. The predicted molar refractivity (Wildman–Crippen MR) is 80.5 cm³/mol. The predicted octanol–water partition coefficient (Wildman–Crippen LogP) is 1.23. The van der Waals surface area contributed by atoms with E-state index in [0.717, 1.165) is 6.07 Å². The molecule has 0 fully saturated rings. The molecule has 23 heavy (non-hydrogen) atoms. The third-order valence-electron chi connectivity index (χ3n) is 3.21. The summed E-state index contributed by atoms with van der Waals surface area (Å²) in [5, 5.41) is 39.6. The van der Waals surface area contributed by atoms with E-state index in [2.05, 4.69) is 5.32 Å². The van der Waals surface area contributed by atoms with Gasteiger partial charge in [-0.1, -0.05) is 12.1 Å². The lowest BCUT2D eigenvalue weighted by Gasteiger charge is -2.15. The summed E-state index contributed by atoms with van der Waals surface area (Å²) >= 11 is 0. The van der Waals surface area contributed by atoms with E-state index in [1.165, 1.54) is 24.3 Å². The molecule has 0 radical (unpaired) electrons. The standard InChI is InChI=1S/C16H15NO6/c18-10-3-1-9(2-4-10)7-13(16(22)23)17-15(21)12-6-5-11(19)8-14(12)20/h1-6,8,13,18-20H,7H2,(H,17,21)(H,22,23). The van der Waals surface area contributed by atoms with Crippen molar-refractivity contribution in [3.8, 4) is 17.2 Å². The number of phenolic OH excluding ortho intramolecular Hbond substituents is 3. The van der Waals surface area contributed by atoms with E-state index in [1.807, 2.05) is 0 Å². The molecule has 1 amide bonds. The van der Waals surface area contributed by atoms with Crippen molar-refractivity contribution in [2.24, 2.45) is 0 Å². The first-order chi connectivity index (χ1) is 10.9. The van der Waals surface area contributed by atoms with Crippen molar-refractivity contribution in [2.45, 2.75) is 12.5 Å². The maximum Gasteiger partial charge on any atom is 0.326 e. The van der Waals surface area contributed by atoms with Crippen LogP contribution in [0.25, 0.3) is 0 Å². The summed E-state index contributed by atoms with van der Waals surface area (Å²) in [6.45, 7) is 0. The Morgan fingerprint density at radius 3 is 2.13 bits per heavy atom. The van der Waals surface area contributed by atoms with Gasteiger partial charge in [0.2, 0.25) is 0 Å². The number of carboxylic acid groups (broad SMARTS) is 1. The molecule has 0 aliphatic carbocycles. The lowest BCUT2D eigenvalue weighted by molar-refractivity contribution is -0.139. The number of aromatic hydroxyl groups is 3. The zero-order valence-corrected chi connectivity index (χ0v) is 11.9. The average Bonchev–Trinajstić information content (AvgIpc) is 2.48. The third-order valence-corrected chi connectivity index (χ3v) is 3.21. The minimum atomic E-state index is -1.23. The fourth-order valence-electron chi connectivity index (χ4n) is 2.02. The van der Waals surface area contributed by atoms with E-state index < -0.39 is 23.7 Å². The zero-order valence-electron chi connectivity index (χ0n) is 11.9. The van der Waals surface area contributed by atoms with Gasteiger partial charge in [-0.15, -0.1) is 0 Å². The second kappa shape index (κ2) is 6.69. The first kappa shape index (κ1) is 16.2. The lowest BCUT2D eigenvalue weighted by Crippen LogP contribution is -2.42. The van der Waals surface area contributed by atoms with E-state index in [1.54, 1.807) is 12.1 Å². The number of carbonyl (C=O) groups excluding carboxylic acids is 1. The van der Waals surface area contributed by atoms with Crippen molar-refractivity contribution in [2.75, 3.05) is 0 Å². The van der Waals surface area contributed by atoms with Gasteiger partial charge in [0, 0.05) is 12.5 Å². The smallest absolute Gasteiger partial charge is 0.326 e. The minimum absolute atomic E-state index is 0.0141. The molecule has 7 heteroatoms. The molecule has 1 atom stereocenters. The normalized spacial score (nSPS) is 11.7. The number of benzene rings is 2. The first-order valence-corrected chi connectivity index (χ1v) is 6.70. The number of phenols is 3. The van der Waals surface area contributed by atoms with Crippen LogP contribution in [0.2, 0.25) is 0 Å². The van der Waals surface area contributed by atoms with Crippen LogP contribution in [0.1, 0.15) is 15.9 Å². The molecular formula is C16H15NO6. The van der Waals surface area contributed by atoms with E-state index in [0.29, 0.717) is 5.56 Å². The van der Waals surface area contributed by atoms with E-state index >= 15 is 0 Å². The first-order valence-electron chi connectivity index (χ1n) is 6.70. The monoisotopic (exact) mass is 317 g/mol. The molecule has 0 bridgehead atoms. The number of hydrogen-bond donors (Lipinski definition) is 5. The van der Waals surface area contributed by atoms with E-state index in [9.17, 15) is 30.0 Å². The van der Waals surface area contributed by atoms with Gasteiger partial charge >= 0.3 is 5.97 Å². The molecule has 7 nitrogen and oxygen atoms in total. The van der Waals surface area contributed by atoms with Crippen LogP contribution in [-0.4, -0.2) is 38.3 Å². The summed E-state index contributed by atoms with van der Waals surface area (Å²) in [5.41, 5.74) is 0.477. The van der Waals surface area contributed by atoms with Crippen LogP contribution in [0.5, 0.6) is 17.2 Å². The van der Waals surface area contributed by atoms with Crippen molar-refractivity contribution < 1.29 is 30.0 Å². The molecule has 0 aliphatic rings. The Hall–Kier alpha value is -3.22. The van der Waals surface area contributed by atoms with Crippen LogP contribution < -0.4 is 5.32 Å². The Morgan fingerprint density at radius 2 is 1.57 bits per heavy atom. The van der Waals surface area contributed by atoms with E-state index in [4.69, 9.17) is 0 Å². The van der Waals surface area contributed by atoms with Gasteiger partial charge in [-0.3, -0.25) is 4.79 Å². The number of carbonyl (C=O) groups is 2. The van der Waals surface area contributed by atoms with Crippen molar-refractivity contribution >= 4 is 11.9 Å². The van der Waals surface area contributed by atoms with E-state index in [-0.39, 0.29) is 23.5 Å². The van der Waals surface area contributed by atoms with Gasteiger partial charge in [0.15, 0.2) is 0 Å². The largest absolute Gasteiger partial charge is 0.508 e. The Kier molecular flexibility index (Phi) is 4.70. The molecule has 0 heterocycles. The van der Waals surface area contributed by atoms with Crippen molar-refractivity contribution in [1.29, 1.82) is 0 Å². The summed E-state index contributed by atoms with van der Waals surface area (Å²) in [6, 6.07) is 8.13. The number of amides is 1. The topological polar surface area (TPSA) is 127 Å². The molecule has 0 saturated carbocycles. The van der Waals surface area contributed by atoms with Gasteiger partial charge in [-0.2, -0.15) is 0 Å². The highest BCUT2D eigenvalue weighted by atomic mass is 16.4. The Balaban J connectivity index is 2.14. The van der Waals surface area contributed by atoms with Crippen molar-refractivity contribution in [3.05, 3.63) is 53.6 Å². The van der Waals surface area contributed by atoms with Crippen LogP contribution in [0.4, 0.5) is 0 Å². The summed E-state index contributed by atoms with van der Waals surface area (Å²) in [4.78, 5) is 23.4. The molecule has 0 aromatic heterocycles. The summed E-state index contributed by atoms with van der Waals surface area (Å²) in [5.74, 6) is -2.61. The van der Waals surface area contributed by atoms with Crippen LogP contribution in [0, 0.1) is 0 Å². The maximum absolute atomic E-state index is 12.1. The highest BCUT2D eigenvalue weighted by Gasteiger charge is 2.22. The summed E-state index contributed by atoms with van der Waals surface area (Å²) < 4.78 is 0. The van der Waals surface area contributed by atoms with Gasteiger partial charge in [0.25, 0.3) is 5.91 Å². The molecule has 5 N–H and O–H groups in total. The quantitative estimate of drug-likeness (QED) is 0.564. The van der Waals surface area contributed by atoms with Crippen molar-refractivity contribution in [3.63, 3.8) is 0 Å². The molecule has 2 rings (SSSR count). The number of nitrogens with one attached hydrogen (secondary N) is 1. The van der Waals surface area contributed by atoms with Crippen LogP contribution in [0.3, 0.4) is 0 Å². The summed E-state index contributed by atoms with van der Waals surface area (Å²) in [6.07, 6.45) is 0.0141. The fraction of sp³-hybridized carbons (Fsp3) is 0.125. The molecular weight excluding hydrogens is 302 g/mol. The van der Waals surface area contributed by atoms with Gasteiger partial charge < -0.3 is 25.7 Å². The van der Waals surface area contributed by atoms with Gasteiger partial charge in [-0.05, 0) is 29.8 Å². The number of carboxylic acids is 1. The minimum Gasteiger partial charge on any atom is -0.508 e. The zero-order chi connectivity index (χ0) is 17.0. The Morgan fingerprint density at radius 1 is 0.957 bits per heavy atom. The number of hydrogen-bond acceptors (Lipinski definition) is 5. The number of rotatable bonds is 5. The molecule has 2 aromatic carbocycles. The SMILES string of the molecule is O=C(NC(Cc1ccc(O)cc1)C(=O)O)c1ccc(O)cc1O. The highest BCUT2D eigenvalue weighted by Crippen LogP contribution is 2.22. The van der Waals surface area contributed by atoms with Crippen LogP contribution in [-0.2, 0) is 11.2 Å². The summed E-state index contributed by atoms with van der Waals surface area (Å²) in [7, 11) is 0. The average molecular weight is 317 g/mol. The third kappa shape index (κ3) is 4.13. The maximum atomic E-state index is 12.1. The molecule has 2 aromatic rings. The highest BCUT2D eigenvalue weighted by molar-refractivity contribution is 5.99. The molecule has 1 unspecified atom stereocenters. The molecule has 0 aliphatic heterocycles. The van der Waals surface area contributed by atoms with Gasteiger partial charge in [0.05, 0.1) is 5.56 Å². The molecule has 0 spiro atoms. The Labute approximate surface area is 131 Å². The lowest BCUT2D eigenvalue weighted by atomic mass is 10.0. The van der Waals surface area contributed by atoms with Gasteiger partial charge in [0.1, 0.15) is 23.3 Å².